The Balaban J connectivity index is 2.63. The molecule has 4 nitrogen and oxygen atoms in total. The summed E-state index contributed by atoms with van der Waals surface area (Å²) in [5, 5.41) is 0. The molecule has 1 aliphatic heterocycles. The van der Waals surface area contributed by atoms with Crippen molar-refractivity contribution in [2.24, 2.45) is 0 Å². The lowest BCUT2D eigenvalue weighted by molar-refractivity contribution is -0.146. The number of likely N-dealkylation sites (N-methyl/N-ethyl adjacent to an activating group) is 1. The molecule has 1 aliphatic rings. The van der Waals surface area contributed by atoms with Crippen LogP contribution in [0.5, 0.6) is 0 Å². The minimum Gasteiger partial charge on any atom is -0.344 e. The number of nitrogens with zero attached hydrogens (tertiary/aromatic N) is 2. The van der Waals surface area contributed by atoms with Crippen molar-refractivity contribution in [3.63, 3.8) is 0 Å². The van der Waals surface area contributed by atoms with Crippen molar-refractivity contribution in [3.8, 4) is 0 Å². The number of carbonyl (C=O) groups excluding carboxylic acids is 2. The second-order valence-corrected chi connectivity index (χ2v) is 3.23. The van der Waals surface area contributed by atoms with Gasteiger partial charge in [-0.2, -0.15) is 8.78 Å². The molecular formula is C8H12F2N2O2. The zero-order chi connectivity index (χ0) is 10.7. The van der Waals surface area contributed by atoms with Crippen LogP contribution < -0.4 is 0 Å². The second kappa shape index (κ2) is 4.34. The van der Waals surface area contributed by atoms with Gasteiger partial charge in [-0.15, -0.1) is 0 Å². The van der Waals surface area contributed by atoms with Crippen LogP contribution in [-0.4, -0.2) is 54.7 Å². The first kappa shape index (κ1) is 10.9. The Kier molecular flexibility index (Phi) is 3.38. The first-order valence-corrected chi connectivity index (χ1v) is 4.33. The Morgan fingerprint density at radius 3 is 2.64 bits per heavy atom. The average molecular weight is 206 g/mol. The van der Waals surface area contributed by atoms with Gasteiger partial charge in [0.05, 0.1) is 6.54 Å². The van der Waals surface area contributed by atoms with E-state index < -0.39 is 12.3 Å². The van der Waals surface area contributed by atoms with Crippen LogP contribution in [0.1, 0.15) is 6.42 Å². The molecule has 1 rings (SSSR count). The van der Waals surface area contributed by atoms with Crippen molar-refractivity contribution < 1.29 is 18.4 Å². The molecule has 0 radical (unpaired) electrons. The largest absolute Gasteiger partial charge is 0.344 e. The summed E-state index contributed by atoms with van der Waals surface area (Å²) >= 11 is 0. The van der Waals surface area contributed by atoms with Crippen LogP contribution in [-0.2, 0) is 9.59 Å². The van der Waals surface area contributed by atoms with Gasteiger partial charge >= 0.3 is 6.43 Å². The number of alkyl halides is 2. The summed E-state index contributed by atoms with van der Waals surface area (Å²) in [6, 6.07) is 0. The van der Waals surface area contributed by atoms with Crippen molar-refractivity contribution in [2.75, 3.05) is 26.7 Å². The summed E-state index contributed by atoms with van der Waals surface area (Å²) in [4.78, 5) is 24.5. The number of amides is 2. The first-order chi connectivity index (χ1) is 6.52. The van der Waals surface area contributed by atoms with Crippen LogP contribution >= 0.6 is 0 Å². The molecular weight excluding hydrogens is 194 g/mol. The standard InChI is InChI=1S/C8H12F2N2O2/c1-11-3-2-4-12(5-6(11)13)8(14)7(9)10/h7H,2-5H2,1H3. The van der Waals surface area contributed by atoms with E-state index in [0.29, 0.717) is 13.0 Å². The van der Waals surface area contributed by atoms with Gasteiger partial charge in [0.15, 0.2) is 0 Å². The van der Waals surface area contributed by atoms with E-state index in [4.69, 9.17) is 0 Å². The fourth-order valence-electron chi connectivity index (χ4n) is 1.31. The van der Waals surface area contributed by atoms with Crippen molar-refractivity contribution >= 4 is 11.8 Å². The van der Waals surface area contributed by atoms with E-state index in [0.717, 1.165) is 4.90 Å². The fourth-order valence-corrected chi connectivity index (χ4v) is 1.31. The number of rotatable bonds is 1. The van der Waals surface area contributed by atoms with Gasteiger partial charge in [-0.25, -0.2) is 0 Å². The molecule has 0 N–H and O–H groups in total. The molecule has 14 heavy (non-hydrogen) atoms. The van der Waals surface area contributed by atoms with Gasteiger partial charge in [-0.3, -0.25) is 9.59 Å². The van der Waals surface area contributed by atoms with Crippen molar-refractivity contribution in [1.29, 1.82) is 0 Å². The molecule has 0 aliphatic carbocycles. The molecule has 0 bridgehead atoms. The lowest BCUT2D eigenvalue weighted by atomic mass is 10.4. The lowest BCUT2D eigenvalue weighted by Gasteiger charge is -2.18. The molecule has 0 atom stereocenters. The molecule has 2 amide bonds. The Bertz CT molecular complexity index is 245. The number of hydrogen-bond acceptors (Lipinski definition) is 2. The SMILES string of the molecule is CN1CCCN(C(=O)C(F)F)CC1=O. The zero-order valence-electron chi connectivity index (χ0n) is 7.87. The molecule has 1 saturated heterocycles. The zero-order valence-corrected chi connectivity index (χ0v) is 7.87. The number of halogens is 2. The van der Waals surface area contributed by atoms with E-state index >= 15 is 0 Å². The highest BCUT2D eigenvalue weighted by Gasteiger charge is 2.27. The maximum atomic E-state index is 12.1. The third-order valence-corrected chi connectivity index (χ3v) is 2.17. The van der Waals surface area contributed by atoms with Crippen LogP contribution in [0.15, 0.2) is 0 Å². The highest BCUT2D eigenvalue weighted by molar-refractivity contribution is 5.86. The number of hydrogen-bond donors (Lipinski definition) is 0. The van der Waals surface area contributed by atoms with Crippen LogP contribution in [0, 0.1) is 0 Å². The van der Waals surface area contributed by atoms with Gasteiger partial charge < -0.3 is 9.80 Å². The molecule has 0 unspecified atom stereocenters. The lowest BCUT2D eigenvalue weighted by Crippen LogP contribution is -2.40. The first-order valence-electron chi connectivity index (χ1n) is 4.33. The predicted molar refractivity (Wildman–Crippen MR) is 44.8 cm³/mol. The van der Waals surface area contributed by atoms with Crippen LogP contribution in [0.3, 0.4) is 0 Å². The Morgan fingerprint density at radius 1 is 1.43 bits per heavy atom. The van der Waals surface area contributed by atoms with Crippen molar-refractivity contribution in [1.82, 2.24) is 9.80 Å². The molecule has 6 heteroatoms. The van der Waals surface area contributed by atoms with E-state index in [1.165, 1.54) is 4.90 Å². The van der Waals surface area contributed by atoms with E-state index in [1.54, 1.807) is 7.05 Å². The third kappa shape index (κ3) is 2.40. The molecule has 1 fully saturated rings. The highest BCUT2D eigenvalue weighted by atomic mass is 19.3. The average Bonchev–Trinajstić information content (AvgIpc) is 2.28. The van der Waals surface area contributed by atoms with Gasteiger partial charge in [-0.05, 0) is 6.42 Å². The summed E-state index contributed by atoms with van der Waals surface area (Å²) in [6.45, 7) is 0.491. The van der Waals surface area contributed by atoms with Crippen LogP contribution in [0.2, 0.25) is 0 Å². The molecule has 1 heterocycles. The summed E-state index contributed by atoms with van der Waals surface area (Å²) in [5.74, 6) is -1.55. The predicted octanol–water partition coefficient (Wildman–Crippen LogP) is -0.0578. The quantitative estimate of drug-likeness (QED) is 0.603. The molecule has 80 valence electrons. The van der Waals surface area contributed by atoms with Gasteiger partial charge in [0.25, 0.3) is 5.91 Å². The fraction of sp³-hybridized carbons (Fsp3) is 0.750. The maximum Gasteiger partial charge on any atom is 0.315 e. The van der Waals surface area contributed by atoms with Gasteiger partial charge in [0, 0.05) is 20.1 Å². The topological polar surface area (TPSA) is 40.6 Å². The summed E-state index contributed by atoms with van der Waals surface area (Å²) in [7, 11) is 1.60. The minimum atomic E-state index is -3.02. The third-order valence-electron chi connectivity index (χ3n) is 2.17. The number of carbonyl (C=O) groups is 2. The van der Waals surface area contributed by atoms with Crippen LogP contribution in [0.25, 0.3) is 0 Å². The van der Waals surface area contributed by atoms with Crippen LogP contribution in [0.4, 0.5) is 8.78 Å². The van der Waals surface area contributed by atoms with Gasteiger partial charge in [0.1, 0.15) is 0 Å². The second-order valence-electron chi connectivity index (χ2n) is 3.23. The molecule has 0 spiro atoms. The summed E-state index contributed by atoms with van der Waals surface area (Å²) in [6.07, 6.45) is -2.48. The minimum absolute atomic E-state index is 0.221. The smallest absolute Gasteiger partial charge is 0.315 e. The van der Waals surface area contributed by atoms with Crippen molar-refractivity contribution in [2.45, 2.75) is 12.8 Å². The highest BCUT2D eigenvalue weighted by Crippen LogP contribution is 2.06. The molecule has 0 aromatic heterocycles. The molecule has 0 aromatic carbocycles. The molecule has 0 saturated carbocycles. The van der Waals surface area contributed by atoms with Gasteiger partial charge in [0.2, 0.25) is 5.91 Å². The van der Waals surface area contributed by atoms with Crippen molar-refractivity contribution in [3.05, 3.63) is 0 Å². The van der Waals surface area contributed by atoms with E-state index in [1.807, 2.05) is 0 Å². The Hall–Kier alpha value is -1.20. The monoisotopic (exact) mass is 206 g/mol. The Labute approximate surface area is 80.5 Å². The normalized spacial score (nSPS) is 18.7. The summed E-state index contributed by atoms with van der Waals surface area (Å²) < 4.78 is 24.1. The maximum absolute atomic E-state index is 12.1. The Morgan fingerprint density at radius 2 is 2.07 bits per heavy atom. The van der Waals surface area contributed by atoms with Gasteiger partial charge in [-0.1, -0.05) is 0 Å². The molecule has 0 aromatic rings. The summed E-state index contributed by atoms with van der Waals surface area (Å²) in [5.41, 5.74) is 0. The van der Waals surface area contributed by atoms with E-state index in [2.05, 4.69) is 0 Å². The van der Waals surface area contributed by atoms with E-state index in [-0.39, 0.29) is 19.0 Å². The van der Waals surface area contributed by atoms with E-state index in [9.17, 15) is 18.4 Å².